The van der Waals surface area contributed by atoms with E-state index < -0.39 is 5.60 Å². The number of nitrogens with zero attached hydrogens (tertiary/aromatic N) is 2. The Balaban J connectivity index is 1.67. The van der Waals surface area contributed by atoms with E-state index in [1.807, 2.05) is 43.9 Å². The predicted molar refractivity (Wildman–Crippen MR) is 96.0 cm³/mol. The normalized spacial score (nSPS) is 21.5. The summed E-state index contributed by atoms with van der Waals surface area (Å²) in [6.07, 6.45) is 8.50. The molecule has 0 radical (unpaired) electrons. The highest BCUT2D eigenvalue weighted by molar-refractivity contribution is 5.77. The number of terminal acetylenes is 1. The van der Waals surface area contributed by atoms with Crippen molar-refractivity contribution in [3.8, 4) is 12.3 Å². The number of benzene rings is 1. The van der Waals surface area contributed by atoms with Gasteiger partial charge in [-0.3, -0.25) is 4.90 Å². The molecule has 1 aliphatic carbocycles. The van der Waals surface area contributed by atoms with Crippen LogP contribution in [-0.4, -0.2) is 33.1 Å². The maximum absolute atomic E-state index is 12.7. The third-order valence-electron chi connectivity index (χ3n) is 5.08. The fraction of sp³-hybridized carbons (Fsp3) is 0.500. The molecule has 1 N–H and O–H groups in total. The molecule has 1 atom stereocenters. The van der Waals surface area contributed by atoms with E-state index in [0.29, 0.717) is 0 Å². The first-order chi connectivity index (χ1) is 11.8. The average Bonchev–Trinajstić information content (AvgIpc) is 3.00. The Kier molecular flexibility index (Phi) is 3.37. The van der Waals surface area contributed by atoms with E-state index in [2.05, 4.69) is 10.9 Å². The van der Waals surface area contributed by atoms with Gasteiger partial charge in [0, 0.05) is 12.1 Å². The summed E-state index contributed by atoms with van der Waals surface area (Å²) in [6.45, 7) is 6.43. The van der Waals surface area contributed by atoms with Crippen molar-refractivity contribution in [2.45, 2.75) is 51.7 Å². The summed E-state index contributed by atoms with van der Waals surface area (Å²) in [4.78, 5) is 22.6. The summed E-state index contributed by atoms with van der Waals surface area (Å²) < 4.78 is 5.62. The van der Waals surface area contributed by atoms with Gasteiger partial charge >= 0.3 is 6.09 Å². The Bertz CT molecular complexity index is 880. The number of carbonyl (C=O) groups excluding carboxylic acids is 1. The number of rotatable bonds is 1. The molecule has 1 saturated heterocycles. The molecule has 25 heavy (non-hydrogen) atoms. The number of hydrogen-bond acceptors (Lipinski definition) is 3. The first-order valence-corrected chi connectivity index (χ1v) is 8.75. The molecule has 2 aromatic rings. The van der Waals surface area contributed by atoms with Crippen LogP contribution >= 0.6 is 0 Å². The molecule has 1 spiro atoms. The zero-order chi connectivity index (χ0) is 17.8. The molecule has 2 aliphatic rings. The third-order valence-corrected chi connectivity index (χ3v) is 5.08. The Morgan fingerprint density at radius 2 is 2.20 bits per heavy atom. The van der Waals surface area contributed by atoms with Crippen LogP contribution in [0.1, 0.15) is 57.5 Å². The van der Waals surface area contributed by atoms with E-state index in [-0.39, 0.29) is 17.6 Å². The number of nitrogens with one attached hydrogen (secondary N) is 1. The second kappa shape index (κ2) is 5.26. The highest BCUT2D eigenvalue weighted by atomic mass is 16.6. The van der Waals surface area contributed by atoms with Crippen LogP contribution in [0.5, 0.6) is 0 Å². The minimum atomic E-state index is -0.503. The fourth-order valence-electron chi connectivity index (χ4n) is 3.63. The molecular formula is C20H23N3O2. The first kappa shape index (κ1) is 16.0. The molecule has 4 rings (SSSR count). The van der Waals surface area contributed by atoms with Gasteiger partial charge in [0.2, 0.25) is 0 Å². The van der Waals surface area contributed by atoms with Gasteiger partial charge in [-0.1, -0.05) is 5.92 Å². The number of likely N-dealkylation sites (tertiary alicyclic amines) is 1. The predicted octanol–water partition coefficient (Wildman–Crippen LogP) is 4.01. The Labute approximate surface area is 147 Å². The number of ether oxygens (including phenoxy) is 1. The molecule has 1 aromatic heterocycles. The van der Waals surface area contributed by atoms with E-state index in [1.54, 1.807) is 0 Å². The van der Waals surface area contributed by atoms with Crippen molar-refractivity contribution in [2.24, 2.45) is 5.41 Å². The topological polar surface area (TPSA) is 58.2 Å². The molecule has 5 heteroatoms. The molecule has 2 fully saturated rings. The van der Waals surface area contributed by atoms with Crippen molar-refractivity contribution >= 4 is 17.1 Å². The number of hydrogen-bond donors (Lipinski definition) is 1. The largest absolute Gasteiger partial charge is 0.444 e. The van der Waals surface area contributed by atoms with E-state index in [4.69, 9.17) is 16.1 Å². The SMILES string of the molecule is C#Cc1ccc2nc(C3CC4(CC4)CN3C(=O)OC(C)(C)C)[nH]c2c1. The zero-order valence-corrected chi connectivity index (χ0v) is 14.9. The lowest BCUT2D eigenvalue weighted by molar-refractivity contribution is 0.0212. The van der Waals surface area contributed by atoms with Gasteiger partial charge in [-0.2, -0.15) is 0 Å². The van der Waals surface area contributed by atoms with Gasteiger partial charge in [-0.15, -0.1) is 6.42 Å². The molecule has 1 amide bonds. The van der Waals surface area contributed by atoms with Gasteiger partial charge in [0.15, 0.2) is 0 Å². The Morgan fingerprint density at radius 3 is 2.84 bits per heavy atom. The summed E-state index contributed by atoms with van der Waals surface area (Å²) in [5.41, 5.74) is 2.35. The van der Waals surface area contributed by atoms with Gasteiger partial charge < -0.3 is 9.72 Å². The summed E-state index contributed by atoms with van der Waals surface area (Å²) in [6, 6.07) is 5.66. The molecule has 130 valence electrons. The van der Waals surface area contributed by atoms with Crippen LogP contribution in [0, 0.1) is 17.8 Å². The van der Waals surface area contributed by atoms with E-state index in [0.717, 1.165) is 35.4 Å². The summed E-state index contributed by atoms with van der Waals surface area (Å²) in [5.74, 6) is 3.46. The number of aromatic amines is 1. The van der Waals surface area contributed by atoms with Gasteiger partial charge in [-0.05, 0) is 63.6 Å². The lowest BCUT2D eigenvalue weighted by Crippen LogP contribution is -2.37. The minimum absolute atomic E-state index is 0.0703. The number of fused-ring (bicyclic) bond motifs is 1. The van der Waals surface area contributed by atoms with Crippen LogP contribution in [-0.2, 0) is 4.74 Å². The second-order valence-electron chi connectivity index (χ2n) is 8.33. The van der Waals surface area contributed by atoms with Crippen LogP contribution in [0.3, 0.4) is 0 Å². The van der Waals surface area contributed by atoms with Crippen molar-refractivity contribution in [1.29, 1.82) is 0 Å². The highest BCUT2D eigenvalue weighted by Crippen LogP contribution is 2.58. The van der Waals surface area contributed by atoms with Crippen LogP contribution in [0.2, 0.25) is 0 Å². The lowest BCUT2D eigenvalue weighted by Gasteiger charge is -2.27. The van der Waals surface area contributed by atoms with Crippen molar-refractivity contribution < 1.29 is 9.53 Å². The van der Waals surface area contributed by atoms with Crippen LogP contribution in [0.4, 0.5) is 4.79 Å². The quantitative estimate of drug-likeness (QED) is 0.800. The second-order valence-corrected chi connectivity index (χ2v) is 8.33. The maximum Gasteiger partial charge on any atom is 0.410 e. The number of H-pyrrole nitrogens is 1. The smallest absolute Gasteiger partial charge is 0.410 e. The van der Waals surface area contributed by atoms with Gasteiger partial charge in [0.25, 0.3) is 0 Å². The van der Waals surface area contributed by atoms with E-state index >= 15 is 0 Å². The molecule has 0 bridgehead atoms. The minimum Gasteiger partial charge on any atom is -0.444 e. The van der Waals surface area contributed by atoms with Gasteiger partial charge in [0.1, 0.15) is 11.4 Å². The molecule has 1 aliphatic heterocycles. The van der Waals surface area contributed by atoms with Gasteiger partial charge in [0.05, 0.1) is 17.1 Å². The Morgan fingerprint density at radius 1 is 1.44 bits per heavy atom. The number of amides is 1. The van der Waals surface area contributed by atoms with Gasteiger partial charge in [-0.25, -0.2) is 9.78 Å². The molecule has 1 saturated carbocycles. The van der Waals surface area contributed by atoms with Crippen LogP contribution in [0.15, 0.2) is 18.2 Å². The molecular weight excluding hydrogens is 314 g/mol. The third kappa shape index (κ3) is 2.97. The summed E-state index contributed by atoms with van der Waals surface area (Å²) in [7, 11) is 0. The molecule has 5 nitrogen and oxygen atoms in total. The lowest BCUT2D eigenvalue weighted by atomic mass is 10.0. The summed E-state index contributed by atoms with van der Waals surface area (Å²) >= 11 is 0. The highest BCUT2D eigenvalue weighted by Gasteiger charge is 2.55. The van der Waals surface area contributed by atoms with Crippen molar-refractivity contribution in [1.82, 2.24) is 14.9 Å². The number of imidazole rings is 1. The monoisotopic (exact) mass is 337 g/mol. The first-order valence-electron chi connectivity index (χ1n) is 8.75. The zero-order valence-electron chi connectivity index (χ0n) is 14.9. The molecule has 1 unspecified atom stereocenters. The average molecular weight is 337 g/mol. The Hall–Kier alpha value is -2.48. The van der Waals surface area contributed by atoms with Crippen molar-refractivity contribution in [2.75, 3.05) is 6.54 Å². The van der Waals surface area contributed by atoms with Crippen LogP contribution < -0.4 is 0 Å². The number of carbonyl (C=O) groups is 1. The fourth-order valence-corrected chi connectivity index (χ4v) is 3.63. The van der Waals surface area contributed by atoms with E-state index in [1.165, 1.54) is 12.8 Å². The maximum atomic E-state index is 12.7. The molecule has 2 heterocycles. The van der Waals surface area contributed by atoms with Crippen molar-refractivity contribution in [3.63, 3.8) is 0 Å². The summed E-state index contributed by atoms with van der Waals surface area (Å²) in [5, 5.41) is 0. The van der Waals surface area contributed by atoms with E-state index in [9.17, 15) is 4.79 Å². The number of aromatic nitrogens is 2. The standard InChI is InChI=1S/C20H23N3O2/c1-5-13-6-7-14-15(10-13)22-17(21-14)16-11-20(8-9-20)12-23(16)18(24)25-19(2,3)4/h1,6-7,10,16H,8-9,11-12H2,2-4H3,(H,21,22). The van der Waals surface area contributed by atoms with Crippen molar-refractivity contribution in [3.05, 3.63) is 29.6 Å². The molecule has 1 aromatic carbocycles. The van der Waals surface area contributed by atoms with Crippen LogP contribution in [0.25, 0.3) is 11.0 Å².